The third-order valence-corrected chi connectivity index (χ3v) is 5.10. The lowest BCUT2D eigenvalue weighted by molar-refractivity contribution is -0.131. The van der Waals surface area contributed by atoms with E-state index < -0.39 is 0 Å². The molecule has 0 bridgehead atoms. The van der Waals surface area contributed by atoms with Crippen LogP contribution < -0.4 is 10.2 Å². The summed E-state index contributed by atoms with van der Waals surface area (Å²) in [5.41, 5.74) is 3.07. The van der Waals surface area contributed by atoms with Crippen LogP contribution in [0.5, 0.6) is 0 Å². The Kier molecular flexibility index (Phi) is 4.84. The molecule has 26 heavy (non-hydrogen) atoms. The average molecular weight is 354 g/mol. The van der Waals surface area contributed by atoms with Crippen LogP contribution in [-0.4, -0.2) is 48.5 Å². The van der Waals surface area contributed by atoms with Gasteiger partial charge in [-0.15, -0.1) is 0 Å². The minimum absolute atomic E-state index is 0.0773. The summed E-state index contributed by atoms with van der Waals surface area (Å²) >= 11 is 0. The molecule has 1 aromatic heterocycles. The Labute approximate surface area is 152 Å². The fourth-order valence-corrected chi connectivity index (χ4v) is 3.58. The van der Waals surface area contributed by atoms with Crippen LogP contribution >= 0.6 is 0 Å². The van der Waals surface area contributed by atoms with E-state index in [1.807, 2.05) is 4.90 Å². The Morgan fingerprint density at radius 2 is 1.85 bits per heavy atom. The highest BCUT2D eigenvalue weighted by molar-refractivity contribution is 5.79. The first-order chi connectivity index (χ1) is 12.7. The molecule has 0 saturated carbocycles. The number of hydrogen-bond acceptors (Lipinski definition) is 4. The first kappa shape index (κ1) is 17.0. The van der Waals surface area contributed by atoms with Crippen LogP contribution in [0.1, 0.15) is 16.8 Å². The number of aromatic nitrogens is 1. The topological polar surface area (TPSA) is 48.5 Å². The number of anilines is 1. The number of hydrogen-bond donors (Lipinski definition) is 1. The molecule has 1 N–H and O–H groups in total. The van der Waals surface area contributed by atoms with Crippen LogP contribution in [-0.2, 0) is 24.2 Å². The average Bonchev–Trinajstić information content (AvgIpc) is 2.69. The zero-order valence-electron chi connectivity index (χ0n) is 14.7. The lowest BCUT2D eigenvalue weighted by Crippen LogP contribution is -2.44. The van der Waals surface area contributed by atoms with E-state index in [-0.39, 0.29) is 11.7 Å². The minimum Gasteiger partial charge on any atom is -0.354 e. The van der Waals surface area contributed by atoms with E-state index in [4.69, 9.17) is 4.98 Å². The van der Waals surface area contributed by atoms with Crippen molar-refractivity contribution in [2.75, 3.05) is 37.6 Å². The summed E-state index contributed by atoms with van der Waals surface area (Å²) in [4.78, 5) is 21.6. The van der Waals surface area contributed by atoms with Gasteiger partial charge in [0.05, 0.1) is 6.42 Å². The monoisotopic (exact) mass is 354 g/mol. The van der Waals surface area contributed by atoms with Gasteiger partial charge in [0, 0.05) is 51.4 Å². The van der Waals surface area contributed by atoms with Crippen molar-refractivity contribution in [1.29, 1.82) is 0 Å². The molecule has 0 aliphatic carbocycles. The second kappa shape index (κ2) is 7.41. The molecular weight excluding hydrogens is 331 g/mol. The lowest BCUT2D eigenvalue weighted by atomic mass is 10.0. The third kappa shape index (κ3) is 3.70. The highest BCUT2D eigenvalue weighted by Gasteiger charge is 2.23. The predicted octanol–water partition coefficient (Wildman–Crippen LogP) is 1.76. The Morgan fingerprint density at radius 1 is 1.08 bits per heavy atom. The molecule has 6 heteroatoms. The minimum atomic E-state index is -0.278. The maximum Gasteiger partial charge on any atom is 0.227 e. The number of piperazine rings is 1. The van der Waals surface area contributed by atoms with Crippen molar-refractivity contribution >= 4 is 11.7 Å². The fourth-order valence-electron chi connectivity index (χ4n) is 3.58. The molecule has 136 valence electrons. The van der Waals surface area contributed by atoms with Gasteiger partial charge in [0.1, 0.15) is 11.6 Å². The molecule has 0 spiro atoms. The number of carbonyl (C=O) groups is 1. The van der Waals surface area contributed by atoms with Gasteiger partial charge in [-0.2, -0.15) is 0 Å². The maximum atomic E-state index is 13.0. The van der Waals surface area contributed by atoms with Gasteiger partial charge >= 0.3 is 0 Å². The molecule has 3 heterocycles. The summed E-state index contributed by atoms with van der Waals surface area (Å²) < 4.78 is 13.0. The van der Waals surface area contributed by atoms with Crippen LogP contribution in [0.25, 0.3) is 0 Å². The van der Waals surface area contributed by atoms with Crippen molar-refractivity contribution < 1.29 is 9.18 Å². The highest BCUT2D eigenvalue weighted by Crippen LogP contribution is 2.22. The number of nitrogens with zero attached hydrogens (tertiary/aromatic N) is 3. The van der Waals surface area contributed by atoms with Crippen LogP contribution in [0.2, 0.25) is 0 Å². The van der Waals surface area contributed by atoms with Gasteiger partial charge < -0.3 is 15.1 Å². The number of benzene rings is 1. The number of rotatable bonds is 3. The first-order valence-corrected chi connectivity index (χ1v) is 9.16. The summed E-state index contributed by atoms with van der Waals surface area (Å²) in [5.74, 6) is 0.837. The smallest absolute Gasteiger partial charge is 0.227 e. The first-order valence-electron chi connectivity index (χ1n) is 9.16. The van der Waals surface area contributed by atoms with Crippen LogP contribution in [0.4, 0.5) is 10.2 Å². The zero-order chi connectivity index (χ0) is 17.9. The van der Waals surface area contributed by atoms with E-state index in [0.29, 0.717) is 19.5 Å². The van der Waals surface area contributed by atoms with E-state index in [9.17, 15) is 9.18 Å². The van der Waals surface area contributed by atoms with Gasteiger partial charge in [0.15, 0.2) is 0 Å². The molecule has 2 aromatic rings. The summed E-state index contributed by atoms with van der Waals surface area (Å²) in [6.45, 7) is 5.23. The van der Waals surface area contributed by atoms with E-state index >= 15 is 0 Å². The molecule has 5 nitrogen and oxygen atoms in total. The van der Waals surface area contributed by atoms with E-state index in [0.717, 1.165) is 55.2 Å². The van der Waals surface area contributed by atoms with Gasteiger partial charge in [-0.1, -0.05) is 18.2 Å². The van der Waals surface area contributed by atoms with Crippen molar-refractivity contribution in [1.82, 2.24) is 15.2 Å². The second-order valence-corrected chi connectivity index (χ2v) is 6.88. The largest absolute Gasteiger partial charge is 0.354 e. The van der Waals surface area contributed by atoms with E-state index in [1.165, 1.54) is 12.1 Å². The van der Waals surface area contributed by atoms with Crippen molar-refractivity contribution in [3.05, 3.63) is 59.0 Å². The quantitative estimate of drug-likeness (QED) is 0.913. The van der Waals surface area contributed by atoms with Gasteiger partial charge in [-0.05, 0) is 29.3 Å². The third-order valence-electron chi connectivity index (χ3n) is 5.10. The Hall–Kier alpha value is -2.47. The fraction of sp³-hybridized carbons (Fsp3) is 0.400. The van der Waals surface area contributed by atoms with Crippen LogP contribution in [0.15, 0.2) is 36.4 Å². The Balaban J connectivity index is 1.42. The number of fused-ring (bicyclic) bond motifs is 1. The van der Waals surface area contributed by atoms with Crippen LogP contribution in [0.3, 0.4) is 0 Å². The lowest BCUT2D eigenvalue weighted by Gasteiger charge is -2.32. The van der Waals surface area contributed by atoms with Crippen molar-refractivity contribution in [2.24, 2.45) is 0 Å². The number of nitrogens with one attached hydrogen (secondary N) is 1. The summed E-state index contributed by atoms with van der Waals surface area (Å²) in [6, 6.07) is 10.3. The maximum absolute atomic E-state index is 13.0. The molecular formula is C20H23FN4O. The Bertz CT molecular complexity index is 787. The Morgan fingerprint density at radius 3 is 2.62 bits per heavy atom. The molecule has 1 fully saturated rings. The molecule has 2 aliphatic heterocycles. The van der Waals surface area contributed by atoms with Gasteiger partial charge in [0.25, 0.3) is 0 Å². The number of pyridine rings is 1. The molecule has 1 amide bonds. The SMILES string of the molecule is O=C(Cc1ccc(F)cc1)N1CCc2nc(N3CCNCC3)ccc2C1. The second-order valence-electron chi connectivity index (χ2n) is 6.88. The zero-order valence-corrected chi connectivity index (χ0v) is 14.7. The van der Waals surface area contributed by atoms with Gasteiger partial charge in [-0.25, -0.2) is 9.37 Å². The van der Waals surface area contributed by atoms with Crippen molar-refractivity contribution in [3.63, 3.8) is 0 Å². The molecule has 1 saturated heterocycles. The van der Waals surface area contributed by atoms with Gasteiger partial charge in [-0.3, -0.25) is 4.79 Å². The van der Waals surface area contributed by atoms with E-state index in [2.05, 4.69) is 22.3 Å². The molecule has 0 radical (unpaired) electrons. The number of carbonyl (C=O) groups excluding carboxylic acids is 1. The predicted molar refractivity (Wildman–Crippen MR) is 98.5 cm³/mol. The van der Waals surface area contributed by atoms with Crippen LogP contribution in [0, 0.1) is 5.82 Å². The van der Waals surface area contributed by atoms with E-state index in [1.54, 1.807) is 12.1 Å². The summed E-state index contributed by atoms with van der Waals surface area (Å²) in [7, 11) is 0. The molecule has 2 aliphatic rings. The summed E-state index contributed by atoms with van der Waals surface area (Å²) in [5, 5.41) is 3.35. The molecule has 0 atom stereocenters. The van der Waals surface area contributed by atoms with Crippen molar-refractivity contribution in [3.8, 4) is 0 Å². The number of halogens is 1. The standard InChI is InChI=1S/C20H23FN4O/c21-17-4-1-15(2-5-17)13-20(26)25-10-7-18-16(14-25)3-6-19(23-18)24-11-8-22-9-12-24/h1-6,22H,7-14H2. The van der Waals surface area contributed by atoms with Crippen molar-refractivity contribution in [2.45, 2.75) is 19.4 Å². The highest BCUT2D eigenvalue weighted by atomic mass is 19.1. The molecule has 4 rings (SSSR count). The summed E-state index contributed by atoms with van der Waals surface area (Å²) in [6.07, 6.45) is 1.09. The number of amides is 1. The van der Waals surface area contributed by atoms with Gasteiger partial charge in [0.2, 0.25) is 5.91 Å². The molecule has 1 aromatic carbocycles. The molecule has 0 unspecified atom stereocenters. The normalized spacial score (nSPS) is 17.1.